The monoisotopic (exact) mass is 529 g/mol. The number of carbonyl (C=O) groups is 2. The van der Waals surface area contributed by atoms with Gasteiger partial charge < -0.3 is 30.0 Å². The van der Waals surface area contributed by atoms with Crippen LogP contribution >= 0.6 is 0 Å². The standard InChI is InChI=1S/C22H28N2O2.2C2H4O2.Co/c1-3-5-17-7-9-21(25)19(13-17)15-23-11-12-24-16-20-14-18(6-4-2)8-10-22(20)26;2*1-2(3)4;/h7-10,13-16,25-26H,3-6,11-12H2,1-2H3;2*1H3,(H,3,4);/q;;;+2/p-2. The summed E-state index contributed by atoms with van der Waals surface area (Å²) in [6.45, 7) is 7.27. The van der Waals surface area contributed by atoms with E-state index in [-0.39, 0.29) is 28.3 Å². The molecule has 0 aliphatic rings. The van der Waals surface area contributed by atoms with Gasteiger partial charge in [0.2, 0.25) is 0 Å². The molecule has 0 atom stereocenters. The van der Waals surface area contributed by atoms with Crippen LogP contribution in [0.5, 0.6) is 11.5 Å². The van der Waals surface area contributed by atoms with Crippen molar-refractivity contribution < 1.29 is 46.8 Å². The second-order valence-corrected chi connectivity index (χ2v) is 7.34. The fraction of sp³-hybridized carbons (Fsp3) is 0.385. The molecule has 2 rings (SSSR count). The van der Waals surface area contributed by atoms with Crippen molar-refractivity contribution in [2.45, 2.75) is 53.4 Å². The molecule has 0 bridgehead atoms. The molecule has 0 unspecified atom stereocenters. The van der Waals surface area contributed by atoms with E-state index < -0.39 is 11.9 Å². The molecule has 2 N–H and O–H groups in total. The first-order chi connectivity index (χ1) is 16.1. The molecule has 9 heteroatoms. The first kappa shape index (κ1) is 34.0. The molecule has 0 fully saturated rings. The van der Waals surface area contributed by atoms with Gasteiger partial charge in [-0.25, -0.2) is 0 Å². The van der Waals surface area contributed by atoms with Crippen LogP contribution in [0.1, 0.15) is 62.8 Å². The first-order valence-corrected chi connectivity index (χ1v) is 11.1. The number of hydrogen-bond donors (Lipinski definition) is 2. The second-order valence-electron chi connectivity index (χ2n) is 7.34. The van der Waals surface area contributed by atoms with E-state index >= 15 is 0 Å². The molecule has 0 saturated heterocycles. The van der Waals surface area contributed by atoms with E-state index in [1.807, 2.05) is 24.3 Å². The molecule has 1 radical (unpaired) electrons. The molecule has 0 saturated carbocycles. The van der Waals surface area contributed by atoms with Crippen molar-refractivity contribution in [3.05, 3.63) is 58.7 Å². The Labute approximate surface area is 217 Å². The summed E-state index contributed by atoms with van der Waals surface area (Å²) in [5.74, 6) is -1.68. The van der Waals surface area contributed by atoms with Crippen LogP contribution in [0, 0.1) is 0 Å². The number of carboxylic acid groups (broad SMARTS) is 2. The number of phenolic OH excluding ortho intramolecular Hbond substituents is 2. The number of rotatable bonds is 9. The zero-order valence-corrected chi connectivity index (χ0v) is 21.7. The average molecular weight is 529 g/mol. The summed E-state index contributed by atoms with van der Waals surface area (Å²) in [4.78, 5) is 26.5. The molecular formula is C26H34CoN2O6. The van der Waals surface area contributed by atoms with Crippen LogP contribution in [-0.4, -0.2) is 47.7 Å². The largest absolute Gasteiger partial charge is 2.00 e. The molecule has 0 amide bonds. The van der Waals surface area contributed by atoms with Gasteiger partial charge in [0.25, 0.3) is 0 Å². The predicted molar refractivity (Wildman–Crippen MR) is 130 cm³/mol. The minimum Gasteiger partial charge on any atom is -0.550 e. The van der Waals surface area contributed by atoms with E-state index in [1.54, 1.807) is 24.6 Å². The van der Waals surface area contributed by atoms with Crippen LogP contribution in [0.15, 0.2) is 46.4 Å². The molecule has 2 aromatic rings. The Hall–Kier alpha value is -3.17. The Morgan fingerprint density at radius 1 is 0.771 bits per heavy atom. The quantitative estimate of drug-likeness (QED) is 0.376. The average Bonchev–Trinajstić information content (AvgIpc) is 2.74. The Bertz CT molecular complexity index is 875. The SMILES string of the molecule is CC(=O)[O-].CC(=O)[O-].CCCc1ccc(O)c(C=NCCN=Cc2cc(CCC)ccc2O)c1.[Co+2]. The number of hydrogen-bond acceptors (Lipinski definition) is 8. The normalized spacial score (nSPS) is 10.1. The summed E-state index contributed by atoms with van der Waals surface area (Å²) in [6.07, 6.45) is 7.52. The van der Waals surface area contributed by atoms with E-state index in [9.17, 15) is 10.2 Å². The van der Waals surface area contributed by atoms with E-state index in [0.29, 0.717) is 13.1 Å². The predicted octanol–water partition coefficient (Wildman–Crippen LogP) is 2.05. The number of benzene rings is 2. The topological polar surface area (TPSA) is 145 Å². The maximum atomic E-state index is 9.91. The Kier molecular flexibility index (Phi) is 19.6. The van der Waals surface area contributed by atoms with Gasteiger partial charge in [-0.15, -0.1) is 0 Å². The van der Waals surface area contributed by atoms with Gasteiger partial charge in [-0.3, -0.25) is 9.98 Å². The molecule has 0 spiro atoms. The van der Waals surface area contributed by atoms with Gasteiger partial charge >= 0.3 is 16.8 Å². The molecule has 0 heterocycles. The third kappa shape index (κ3) is 17.9. The minimum absolute atomic E-state index is 0. The van der Waals surface area contributed by atoms with E-state index in [0.717, 1.165) is 50.7 Å². The Morgan fingerprint density at radius 3 is 1.37 bits per heavy atom. The van der Waals surface area contributed by atoms with Crippen molar-refractivity contribution in [1.29, 1.82) is 0 Å². The number of aliphatic imine (C=N–C) groups is 2. The maximum Gasteiger partial charge on any atom is 2.00 e. The second kappa shape index (κ2) is 20.2. The van der Waals surface area contributed by atoms with Crippen molar-refractivity contribution in [3.8, 4) is 11.5 Å². The van der Waals surface area contributed by atoms with Crippen LogP contribution in [0.4, 0.5) is 0 Å². The van der Waals surface area contributed by atoms with Crippen molar-refractivity contribution in [2.75, 3.05) is 13.1 Å². The van der Waals surface area contributed by atoms with Crippen molar-refractivity contribution >= 4 is 24.4 Å². The zero-order chi connectivity index (χ0) is 25.9. The van der Waals surface area contributed by atoms with Gasteiger partial charge in [0, 0.05) is 35.5 Å². The molecule has 193 valence electrons. The summed E-state index contributed by atoms with van der Waals surface area (Å²) < 4.78 is 0. The molecule has 0 aliphatic carbocycles. The number of phenols is 2. The number of aromatic hydroxyl groups is 2. The number of nitrogens with zero attached hydrogens (tertiary/aromatic N) is 2. The minimum atomic E-state index is -1.08. The van der Waals surface area contributed by atoms with Crippen LogP contribution in [-0.2, 0) is 39.2 Å². The van der Waals surface area contributed by atoms with Gasteiger partial charge in [0.05, 0.1) is 13.1 Å². The van der Waals surface area contributed by atoms with Gasteiger partial charge in [-0.1, -0.05) is 38.8 Å². The summed E-state index contributed by atoms with van der Waals surface area (Å²) in [5.41, 5.74) is 3.88. The number of aryl methyl sites for hydroxylation is 2. The van der Waals surface area contributed by atoms with E-state index in [1.165, 1.54) is 11.1 Å². The van der Waals surface area contributed by atoms with Gasteiger partial charge in [0.1, 0.15) is 11.5 Å². The van der Waals surface area contributed by atoms with Crippen LogP contribution < -0.4 is 10.2 Å². The van der Waals surface area contributed by atoms with Crippen LogP contribution in [0.3, 0.4) is 0 Å². The molecular weight excluding hydrogens is 495 g/mol. The number of carbonyl (C=O) groups excluding carboxylic acids is 2. The summed E-state index contributed by atoms with van der Waals surface area (Å²) in [5, 5.41) is 37.6. The van der Waals surface area contributed by atoms with Crippen LogP contribution in [0.25, 0.3) is 0 Å². The molecule has 2 aromatic carbocycles. The fourth-order valence-corrected chi connectivity index (χ4v) is 2.74. The van der Waals surface area contributed by atoms with Crippen molar-refractivity contribution in [1.82, 2.24) is 0 Å². The summed E-state index contributed by atoms with van der Waals surface area (Å²) in [6, 6.07) is 11.3. The molecule has 35 heavy (non-hydrogen) atoms. The van der Waals surface area contributed by atoms with Crippen molar-refractivity contribution in [2.24, 2.45) is 9.98 Å². The molecule has 8 nitrogen and oxygen atoms in total. The van der Waals surface area contributed by atoms with Gasteiger partial charge in [0.15, 0.2) is 0 Å². The van der Waals surface area contributed by atoms with Crippen LogP contribution in [0.2, 0.25) is 0 Å². The first-order valence-electron chi connectivity index (χ1n) is 11.1. The third-order valence-electron chi connectivity index (χ3n) is 4.08. The van der Waals surface area contributed by atoms with Crippen molar-refractivity contribution in [3.63, 3.8) is 0 Å². The molecule has 0 aromatic heterocycles. The molecule has 0 aliphatic heterocycles. The Morgan fingerprint density at radius 2 is 1.09 bits per heavy atom. The maximum absolute atomic E-state index is 9.91. The Balaban J connectivity index is 0. The number of aliphatic carboxylic acids is 2. The smallest absolute Gasteiger partial charge is 0.550 e. The fourth-order valence-electron chi connectivity index (χ4n) is 2.74. The van der Waals surface area contributed by atoms with E-state index in [2.05, 4.69) is 23.8 Å². The van der Waals surface area contributed by atoms with E-state index in [4.69, 9.17) is 19.8 Å². The number of carboxylic acids is 2. The zero-order valence-electron chi connectivity index (χ0n) is 20.6. The summed E-state index contributed by atoms with van der Waals surface area (Å²) >= 11 is 0. The van der Waals surface area contributed by atoms with Gasteiger partial charge in [-0.2, -0.15) is 0 Å². The third-order valence-corrected chi connectivity index (χ3v) is 4.08. The summed E-state index contributed by atoms with van der Waals surface area (Å²) in [7, 11) is 0. The van der Waals surface area contributed by atoms with Gasteiger partial charge in [-0.05, 0) is 62.1 Å².